The molecule has 6 unspecified atom stereocenters. The predicted molar refractivity (Wildman–Crippen MR) is 139 cm³/mol. The maximum absolute atomic E-state index is 11.7. The zero-order valence-electron chi connectivity index (χ0n) is 23.4. The molecule has 4 saturated carbocycles. The first kappa shape index (κ1) is 25.7. The Bertz CT molecular complexity index is 761. The molecule has 2 heteroatoms. The van der Waals surface area contributed by atoms with E-state index in [0.29, 0.717) is 34.2 Å². The fourth-order valence-corrected chi connectivity index (χ4v) is 10.7. The van der Waals surface area contributed by atoms with Crippen molar-refractivity contribution in [2.75, 3.05) is 7.11 Å². The lowest BCUT2D eigenvalue weighted by atomic mass is 9.35. The molecule has 4 rings (SSSR count). The van der Waals surface area contributed by atoms with Gasteiger partial charge in [0.05, 0.1) is 11.7 Å². The van der Waals surface area contributed by atoms with Gasteiger partial charge < -0.3 is 9.84 Å². The molecule has 9 atom stereocenters. The SMILES string of the molecule is COC1CC[C@@]2(C)C(CC[C@]3(C)C2CCC2C(C(C)(O)CCC=C(C)C)CC[C@]23C)C1(C)C. The van der Waals surface area contributed by atoms with Crippen LogP contribution in [-0.2, 0) is 4.74 Å². The topological polar surface area (TPSA) is 29.5 Å². The Morgan fingerprint density at radius 2 is 1.58 bits per heavy atom. The molecule has 1 N–H and O–H groups in total. The van der Waals surface area contributed by atoms with Crippen molar-refractivity contribution in [3.8, 4) is 0 Å². The molecule has 2 nitrogen and oxygen atoms in total. The largest absolute Gasteiger partial charge is 0.390 e. The molecule has 4 aliphatic rings. The van der Waals surface area contributed by atoms with Crippen LogP contribution in [0.15, 0.2) is 11.6 Å². The van der Waals surface area contributed by atoms with Crippen LogP contribution >= 0.6 is 0 Å². The number of methoxy groups -OCH3 is 1. The second-order valence-electron chi connectivity index (χ2n) is 14.6. The molecule has 0 aromatic rings. The highest BCUT2D eigenvalue weighted by Crippen LogP contribution is 2.75. The fourth-order valence-electron chi connectivity index (χ4n) is 10.7. The summed E-state index contributed by atoms with van der Waals surface area (Å²) in [5, 5.41) is 11.7. The molecule has 4 fully saturated rings. The highest BCUT2D eigenvalue weighted by atomic mass is 16.5. The molecule has 0 spiro atoms. The van der Waals surface area contributed by atoms with Crippen molar-refractivity contribution in [3.63, 3.8) is 0 Å². The minimum absolute atomic E-state index is 0.258. The molecule has 0 heterocycles. The summed E-state index contributed by atoms with van der Waals surface area (Å²) < 4.78 is 6.02. The van der Waals surface area contributed by atoms with Gasteiger partial charge in [-0.2, -0.15) is 0 Å². The lowest BCUT2D eigenvalue weighted by Crippen LogP contribution is -2.64. The van der Waals surface area contributed by atoms with E-state index in [2.05, 4.69) is 61.5 Å². The van der Waals surface area contributed by atoms with Gasteiger partial charge in [-0.25, -0.2) is 0 Å². The quantitative estimate of drug-likeness (QED) is 0.421. The number of hydrogen-bond donors (Lipinski definition) is 1. The van der Waals surface area contributed by atoms with Gasteiger partial charge in [-0.3, -0.25) is 0 Å². The molecule has 4 aliphatic carbocycles. The molecule has 33 heavy (non-hydrogen) atoms. The summed E-state index contributed by atoms with van der Waals surface area (Å²) in [6, 6.07) is 0. The van der Waals surface area contributed by atoms with Gasteiger partial charge in [-0.05, 0) is 130 Å². The van der Waals surface area contributed by atoms with Gasteiger partial charge >= 0.3 is 0 Å². The van der Waals surface area contributed by atoms with E-state index in [1.54, 1.807) is 0 Å². The molecule has 0 saturated heterocycles. The smallest absolute Gasteiger partial charge is 0.0653 e. The van der Waals surface area contributed by atoms with Crippen molar-refractivity contribution >= 4 is 0 Å². The molecule has 0 radical (unpaired) electrons. The van der Waals surface area contributed by atoms with E-state index in [-0.39, 0.29) is 5.41 Å². The first-order chi connectivity index (χ1) is 15.2. The van der Waals surface area contributed by atoms with E-state index in [1.165, 1.54) is 56.9 Å². The van der Waals surface area contributed by atoms with Crippen molar-refractivity contribution in [1.82, 2.24) is 0 Å². The summed E-state index contributed by atoms with van der Waals surface area (Å²) in [6.07, 6.45) is 15.1. The summed E-state index contributed by atoms with van der Waals surface area (Å²) in [7, 11) is 1.93. The zero-order chi connectivity index (χ0) is 24.4. The van der Waals surface area contributed by atoms with Crippen LogP contribution in [0.4, 0.5) is 0 Å². The maximum atomic E-state index is 11.7. The number of allylic oxidation sites excluding steroid dienone is 2. The highest BCUT2D eigenvalue weighted by Gasteiger charge is 2.69. The number of hydrogen-bond acceptors (Lipinski definition) is 2. The van der Waals surface area contributed by atoms with E-state index in [4.69, 9.17) is 4.74 Å². The van der Waals surface area contributed by atoms with Gasteiger partial charge in [0, 0.05) is 7.11 Å². The van der Waals surface area contributed by atoms with E-state index in [0.717, 1.165) is 24.7 Å². The Hall–Kier alpha value is -0.340. The van der Waals surface area contributed by atoms with Crippen LogP contribution in [0.5, 0.6) is 0 Å². The normalized spacial score (nSPS) is 48.2. The van der Waals surface area contributed by atoms with E-state index < -0.39 is 5.60 Å². The summed E-state index contributed by atoms with van der Waals surface area (Å²) in [6.45, 7) is 19.5. The Balaban J connectivity index is 1.61. The molecular weight excluding hydrogens is 404 g/mol. The Labute approximate surface area is 205 Å². The minimum Gasteiger partial charge on any atom is -0.390 e. The number of aliphatic hydroxyl groups is 1. The van der Waals surface area contributed by atoms with Crippen molar-refractivity contribution < 1.29 is 9.84 Å². The van der Waals surface area contributed by atoms with E-state index in [9.17, 15) is 5.11 Å². The fraction of sp³-hybridized carbons (Fsp3) is 0.935. The molecule has 0 aromatic heterocycles. The number of fused-ring (bicyclic) bond motifs is 5. The van der Waals surface area contributed by atoms with Gasteiger partial charge in [0.2, 0.25) is 0 Å². The molecule has 190 valence electrons. The Kier molecular flexibility index (Phi) is 6.52. The monoisotopic (exact) mass is 458 g/mol. The standard InChI is InChI=1S/C31H54O2/c1-21(2)11-10-17-31(8,32)23-14-19-29(6)22(23)12-13-25-28(5)18-16-26(33-9)27(3,4)24(28)15-20-30(25,29)7/h11,22-26,32H,10,12-20H2,1-9H3/t22?,23?,24?,25?,26?,28-,29+,30+,31?/m0/s1. The highest BCUT2D eigenvalue weighted by molar-refractivity contribution is 5.18. The third kappa shape index (κ3) is 3.71. The van der Waals surface area contributed by atoms with Crippen LogP contribution in [0.3, 0.4) is 0 Å². The average Bonchev–Trinajstić information content (AvgIpc) is 3.06. The molecular formula is C31H54O2. The third-order valence-electron chi connectivity index (χ3n) is 12.6. The van der Waals surface area contributed by atoms with Crippen LogP contribution in [0.25, 0.3) is 0 Å². The van der Waals surface area contributed by atoms with Crippen molar-refractivity contribution in [2.24, 2.45) is 45.3 Å². The first-order valence-corrected chi connectivity index (χ1v) is 14.1. The molecule has 0 amide bonds. The van der Waals surface area contributed by atoms with E-state index >= 15 is 0 Å². The summed E-state index contributed by atoms with van der Waals surface area (Å²) in [5.74, 6) is 2.68. The van der Waals surface area contributed by atoms with Crippen LogP contribution < -0.4 is 0 Å². The summed E-state index contributed by atoms with van der Waals surface area (Å²) in [4.78, 5) is 0. The van der Waals surface area contributed by atoms with E-state index in [1.807, 2.05) is 7.11 Å². The van der Waals surface area contributed by atoms with Gasteiger partial charge in [0.1, 0.15) is 0 Å². The zero-order valence-corrected chi connectivity index (χ0v) is 23.4. The Morgan fingerprint density at radius 3 is 2.21 bits per heavy atom. The second-order valence-corrected chi connectivity index (χ2v) is 14.6. The Morgan fingerprint density at radius 1 is 0.909 bits per heavy atom. The van der Waals surface area contributed by atoms with Crippen LogP contribution in [0.1, 0.15) is 120 Å². The molecule has 0 aliphatic heterocycles. The lowest BCUT2D eigenvalue weighted by Gasteiger charge is -2.70. The van der Waals surface area contributed by atoms with Gasteiger partial charge in [0.25, 0.3) is 0 Å². The maximum Gasteiger partial charge on any atom is 0.0653 e. The second kappa shape index (κ2) is 8.36. The minimum atomic E-state index is -0.544. The lowest BCUT2D eigenvalue weighted by molar-refractivity contribution is -0.228. The van der Waals surface area contributed by atoms with Crippen molar-refractivity contribution in [3.05, 3.63) is 11.6 Å². The first-order valence-electron chi connectivity index (χ1n) is 14.1. The van der Waals surface area contributed by atoms with Crippen LogP contribution in [0, 0.1) is 45.3 Å². The van der Waals surface area contributed by atoms with Crippen LogP contribution in [0.2, 0.25) is 0 Å². The predicted octanol–water partition coefficient (Wildman–Crippen LogP) is 8.18. The third-order valence-corrected chi connectivity index (χ3v) is 12.6. The molecule has 0 bridgehead atoms. The van der Waals surface area contributed by atoms with Crippen molar-refractivity contribution in [2.45, 2.75) is 131 Å². The summed E-state index contributed by atoms with van der Waals surface area (Å²) >= 11 is 0. The van der Waals surface area contributed by atoms with Crippen molar-refractivity contribution in [1.29, 1.82) is 0 Å². The van der Waals surface area contributed by atoms with Crippen LogP contribution in [-0.4, -0.2) is 23.9 Å². The number of ether oxygens (including phenoxy) is 1. The van der Waals surface area contributed by atoms with Gasteiger partial charge in [-0.1, -0.05) is 46.3 Å². The van der Waals surface area contributed by atoms with Gasteiger partial charge in [-0.15, -0.1) is 0 Å². The molecule has 0 aromatic carbocycles. The van der Waals surface area contributed by atoms with Gasteiger partial charge in [0.15, 0.2) is 0 Å². The summed E-state index contributed by atoms with van der Waals surface area (Å²) in [5.41, 5.74) is 2.25. The number of rotatable bonds is 5. The average molecular weight is 459 g/mol.